The highest BCUT2D eigenvalue weighted by molar-refractivity contribution is 5.51. The van der Waals surface area contributed by atoms with Crippen LogP contribution >= 0.6 is 0 Å². The zero-order valence-corrected chi connectivity index (χ0v) is 9.58. The van der Waals surface area contributed by atoms with Crippen molar-refractivity contribution in [2.45, 2.75) is 5.92 Å². The van der Waals surface area contributed by atoms with E-state index in [4.69, 9.17) is 5.73 Å². The Kier molecular flexibility index (Phi) is 2.44. The summed E-state index contributed by atoms with van der Waals surface area (Å²) >= 11 is 0. The van der Waals surface area contributed by atoms with Gasteiger partial charge in [0, 0.05) is 19.0 Å². The largest absolute Gasteiger partial charge is 0.384 e. The summed E-state index contributed by atoms with van der Waals surface area (Å²) in [6, 6.07) is 14.5. The van der Waals surface area contributed by atoms with Gasteiger partial charge in [0.2, 0.25) is 0 Å². The maximum Gasteiger partial charge on any atom is 0.123 e. The molecule has 2 aromatic rings. The number of rotatable bonds is 2. The minimum Gasteiger partial charge on any atom is -0.384 e. The zero-order valence-electron chi connectivity index (χ0n) is 9.58. The molecule has 1 aromatic carbocycles. The van der Waals surface area contributed by atoms with Gasteiger partial charge in [-0.3, -0.25) is 0 Å². The fraction of sp³-hybridized carbons (Fsp3) is 0.214. The summed E-state index contributed by atoms with van der Waals surface area (Å²) in [6.07, 6.45) is 1.84. The molecule has 2 N–H and O–H groups in total. The van der Waals surface area contributed by atoms with E-state index in [-0.39, 0.29) is 0 Å². The molecule has 1 saturated heterocycles. The molecular weight excluding hydrogens is 210 g/mol. The molecule has 0 atom stereocenters. The molecule has 1 fully saturated rings. The Morgan fingerprint density at radius 2 is 1.82 bits per heavy atom. The van der Waals surface area contributed by atoms with E-state index in [2.05, 4.69) is 40.2 Å². The minimum atomic E-state index is 0.578. The Morgan fingerprint density at radius 1 is 1.06 bits per heavy atom. The van der Waals surface area contributed by atoms with E-state index in [1.165, 1.54) is 5.56 Å². The third kappa shape index (κ3) is 1.96. The van der Waals surface area contributed by atoms with Crippen LogP contribution in [0.4, 0.5) is 11.5 Å². The minimum absolute atomic E-state index is 0.578. The molecule has 0 bridgehead atoms. The zero-order chi connectivity index (χ0) is 11.7. The summed E-state index contributed by atoms with van der Waals surface area (Å²) in [4.78, 5) is 6.44. The fourth-order valence-electron chi connectivity index (χ4n) is 2.21. The first kappa shape index (κ1) is 10.1. The molecule has 1 aliphatic heterocycles. The van der Waals surface area contributed by atoms with Crippen LogP contribution in [0.5, 0.6) is 0 Å². The van der Waals surface area contributed by atoms with Crippen LogP contribution in [0, 0.1) is 0 Å². The monoisotopic (exact) mass is 225 g/mol. The number of nitrogens with zero attached hydrogens (tertiary/aromatic N) is 2. The number of aromatic nitrogens is 1. The van der Waals surface area contributed by atoms with E-state index in [1.54, 1.807) is 0 Å². The van der Waals surface area contributed by atoms with E-state index in [9.17, 15) is 0 Å². The molecule has 0 spiro atoms. The summed E-state index contributed by atoms with van der Waals surface area (Å²) in [5, 5.41) is 0. The van der Waals surface area contributed by atoms with Gasteiger partial charge in [0.25, 0.3) is 0 Å². The van der Waals surface area contributed by atoms with Gasteiger partial charge < -0.3 is 10.6 Å². The van der Waals surface area contributed by atoms with Crippen LogP contribution in [0.25, 0.3) is 0 Å². The second-order valence-electron chi connectivity index (χ2n) is 4.45. The molecule has 17 heavy (non-hydrogen) atoms. The van der Waals surface area contributed by atoms with Gasteiger partial charge in [0.1, 0.15) is 5.82 Å². The Bertz CT molecular complexity index is 487. The maximum absolute atomic E-state index is 5.58. The van der Waals surface area contributed by atoms with E-state index in [1.807, 2.05) is 18.3 Å². The van der Waals surface area contributed by atoms with Gasteiger partial charge in [-0.1, -0.05) is 30.3 Å². The van der Waals surface area contributed by atoms with Crippen LogP contribution in [0.2, 0.25) is 0 Å². The molecule has 0 radical (unpaired) electrons. The van der Waals surface area contributed by atoms with Gasteiger partial charge in [0.05, 0.1) is 11.9 Å². The van der Waals surface area contributed by atoms with Crippen molar-refractivity contribution in [1.29, 1.82) is 0 Å². The molecule has 1 aliphatic rings. The summed E-state index contributed by atoms with van der Waals surface area (Å²) in [5.41, 5.74) is 8.16. The van der Waals surface area contributed by atoms with E-state index in [0.29, 0.717) is 11.7 Å². The highest BCUT2D eigenvalue weighted by atomic mass is 15.2. The molecular formula is C14H15N3. The number of nitrogens with two attached hydrogens (primary N) is 1. The van der Waals surface area contributed by atoms with Crippen molar-refractivity contribution in [2.24, 2.45) is 0 Å². The maximum atomic E-state index is 5.58. The van der Waals surface area contributed by atoms with Gasteiger partial charge in [0.15, 0.2) is 0 Å². The van der Waals surface area contributed by atoms with Crippen molar-refractivity contribution in [3.63, 3.8) is 0 Å². The van der Waals surface area contributed by atoms with Gasteiger partial charge in [-0.2, -0.15) is 0 Å². The van der Waals surface area contributed by atoms with Gasteiger partial charge in [-0.15, -0.1) is 0 Å². The highest BCUT2D eigenvalue weighted by Gasteiger charge is 2.27. The predicted molar refractivity (Wildman–Crippen MR) is 70.0 cm³/mol. The van der Waals surface area contributed by atoms with Crippen molar-refractivity contribution >= 4 is 11.5 Å². The molecule has 1 aromatic heterocycles. The Labute approximate surface area is 101 Å². The molecule has 2 heterocycles. The topological polar surface area (TPSA) is 42.1 Å². The SMILES string of the molecule is Nc1ccc(N2CC(c3ccccc3)C2)cn1. The lowest BCUT2D eigenvalue weighted by atomic mass is 9.91. The standard InChI is InChI=1S/C14H15N3/c15-14-7-6-13(8-16-14)17-9-12(10-17)11-4-2-1-3-5-11/h1-8,12H,9-10H2,(H2,15,16). The number of hydrogen-bond acceptors (Lipinski definition) is 3. The fourth-order valence-corrected chi connectivity index (χ4v) is 2.21. The second-order valence-corrected chi connectivity index (χ2v) is 4.45. The lowest BCUT2D eigenvalue weighted by Gasteiger charge is -2.41. The molecule has 0 saturated carbocycles. The Morgan fingerprint density at radius 3 is 2.47 bits per heavy atom. The van der Waals surface area contributed by atoms with Crippen molar-refractivity contribution in [2.75, 3.05) is 23.7 Å². The number of pyridine rings is 1. The molecule has 3 nitrogen and oxygen atoms in total. The summed E-state index contributed by atoms with van der Waals surface area (Å²) in [5.74, 6) is 1.22. The normalized spacial score (nSPS) is 15.6. The number of benzene rings is 1. The molecule has 0 unspecified atom stereocenters. The first-order chi connectivity index (χ1) is 8.33. The van der Waals surface area contributed by atoms with Crippen LogP contribution in [-0.2, 0) is 0 Å². The van der Waals surface area contributed by atoms with E-state index in [0.717, 1.165) is 18.8 Å². The number of nitrogen functional groups attached to an aromatic ring is 1. The van der Waals surface area contributed by atoms with Gasteiger partial charge in [-0.05, 0) is 17.7 Å². The van der Waals surface area contributed by atoms with Crippen molar-refractivity contribution in [1.82, 2.24) is 4.98 Å². The summed E-state index contributed by atoms with van der Waals surface area (Å²) in [6.45, 7) is 2.13. The lowest BCUT2D eigenvalue weighted by molar-refractivity contribution is 0.525. The van der Waals surface area contributed by atoms with Crippen LogP contribution in [0.15, 0.2) is 48.7 Å². The van der Waals surface area contributed by atoms with Crippen LogP contribution in [0.3, 0.4) is 0 Å². The molecule has 0 aliphatic carbocycles. The summed E-state index contributed by atoms with van der Waals surface area (Å²) < 4.78 is 0. The van der Waals surface area contributed by atoms with Gasteiger partial charge in [-0.25, -0.2) is 4.98 Å². The third-order valence-corrected chi connectivity index (χ3v) is 3.29. The van der Waals surface area contributed by atoms with Crippen molar-refractivity contribution in [3.8, 4) is 0 Å². The summed E-state index contributed by atoms with van der Waals surface area (Å²) in [7, 11) is 0. The molecule has 3 heteroatoms. The average Bonchev–Trinajstić information content (AvgIpc) is 2.31. The first-order valence-electron chi connectivity index (χ1n) is 5.84. The second kappa shape index (κ2) is 4.09. The van der Waals surface area contributed by atoms with E-state index < -0.39 is 0 Å². The lowest BCUT2D eigenvalue weighted by Crippen LogP contribution is -2.45. The van der Waals surface area contributed by atoms with Crippen LogP contribution < -0.4 is 10.6 Å². The number of anilines is 2. The van der Waals surface area contributed by atoms with Crippen LogP contribution in [0.1, 0.15) is 11.5 Å². The highest BCUT2D eigenvalue weighted by Crippen LogP contribution is 2.31. The van der Waals surface area contributed by atoms with Crippen molar-refractivity contribution < 1.29 is 0 Å². The first-order valence-corrected chi connectivity index (χ1v) is 5.84. The average molecular weight is 225 g/mol. The number of hydrogen-bond donors (Lipinski definition) is 1. The Balaban J connectivity index is 1.67. The van der Waals surface area contributed by atoms with Gasteiger partial charge >= 0.3 is 0 Å². The van der Waals surface area contributed by atoms with E-state index >= 15 is 0 Å². The molecule has 0 amide bonds. The Hall–Kier alpha value is -2.03. The predicted octanol–water partition coefficient (Wildman–Crippen LogP) is 2.27. The molecule has 3 rings (SSSR count). The third-order valence-electron chi connectivity index (χ3n) is 3.29. The van der Waals surface area contributed by atoms with Crippen LogP contribution in [-0.4, -0.2) is 18.1 Å². The van der Waals surface area contributed by atoms with Crippen molar-refractivity contribution in [3.05, 3.63) is 54.2 Å². The quantitative estimate of drug-likeness (QED) is 0.852. The smallest absolute Gasteiger partial charge is 0.123 e. The molecule has 86 valence electrons.